The molecule has 1 N–H and O–H groups in total. The van der Waals surface area contributed by atoms with Gasteiger partial charge in [-0.15, -0.1) is 0 Å². The molecule has 1 aliphatic carbocycles. The van der Waals surface area contributed by atoms with Crippen LogP contribution in [0.1, 0.15) is 19.2 Å². The zero-order chi connectivity index (χ0) is 9.26. The quantitative estimate of drug-likeness (QED) is 0.752. The van der Waals surface area contributed by atoms with Gasteiger partial charge in [-0.1, -0.05) is 6.92 Å². The van der Waals surface area contributed by atoms with Gasteiger partial charge in [0.1, 0.15) is 5.82 Å². The Kier molecular flexibility index (Phi) is 2.36. The van der Waals surface area contributed by atoms with Gasteiger partial charge >= 0.3 is 0 Å². The lowest BCUT2D eigenvalue weighted by Crippen LogP contribution is -2.19. The van der Waals surface area contributed by atoms with Gasteiger partial charge in [0, 0.05) is 19.4 Å². The van der Waals surface area contributed by atoms with Gasteiger partial charge in [-0.2, -0.15) is 0 Å². The molecule has 1 fully saturated rings. The summed E-state index contributed by atoms with van der Waals surface area (Å²) in [7, 11) is 2.03. The third-order valence-corrected chi connectivity index (χ3v) is 2.89. The van der Waals surface area contributed by atoms with Crippen LogP contribution in [0.15, 0.2) is 12.4 Å². The lowest BCUT2D eigenvalue weighted by molar-refractivity contribution is 0.585. The molecule has 0 aromatic carbocycles. The second-order valence-corrected chi connectivity index (χ2v) is 4.06. The summed E-state index contributed by atoms with van der Waals surface area (Å²) in [5.74, 6) is 2.97. The molecular weight excluding hydrogens is 162 g/mol. The first-order valence-corrected chi connectivity index (χ1v) is 4.94. The van der Waals surface area contributed by atoms with Gasteiger partial charge in [-0.3, -0.25) is 0 Å². The molecule has 0 aliphatic heterocycles. The van der Waals surface area contributed by atoms with Crippen molar-refractivity contribution in [2.75, 3.05) is 6.54 Å². The van der Waals surface area contributed by atoms with E-state index in [1.54, 1.807) is 0 Å². The third kappa shape index (κ3) is 2.10. The first-order valence-electron chi connectivity index (χ1n) is 4.94. The number of hydrogen-bond donors (Lipinski definition) is 1. The summed E-state index contributed by atoms with van der Waals surface area (Å²) >= 11 is 0. The van der Waals surface area contributed by atoms with Crippen molar-refractivity contribution in [3.05, 3.63) is 18.2 Å². The Hall–Kier alpha value is -0.830. The van der Waals surface area contributed by atoms with Crippen LogP contribution in [0.2, 0.25) is 0 Å². The highest BCUT2D eigenvalue weighted by Gasteiger charge is 2.31. The highest BCUT2D eigenvalue weighted by molar-refractivity contribution is 4.91. The second kappa shape index (κ2) is 3.50. The smallest absolute Gasteiger partial charge is 0.122 e. The number of rotatable bonds is 4. The summed E-state index contributed by atoms with van der Waals surface area (Å²) in [6, 6.07) is 0. The average molecular weight is 179 g/mol. The molecule has 1 saturated carbocycles. The van der Waals surface area contributed by atoms with E-state index < -0.39 is 0 Å². The van der Waals surface area contributed by atoms with E-state index in [1.807, 2.05) is 19.4 Å². The van der Waals surface area contributed by atoms with E-state index in [2.05, 4.69) is 21.8 Å². The van der Waals surface area contributed by atoms with E-state index in [1.165, 1.54) is 6.42 Å². The minimum Gasteiger partial charge on any atom is -0.337 e. The van der Waals surface area contributed by atoms with E-state index in [9.17, 15) is 0 Å². The van der Waals surface area contributed by atoms with E-state index in [0.29, 0.717) is 0 Å². The van der Waals surface area contributed by atoms with Crippen LogP contribution in [-0.4, -0.2) is 16.1 Å². The van der Waals surface area contributed by atoms with Crippen molar-refractivity contribution < 1.29 is 0 Å². The van der Waals surface area contributed by atoms with Gasteiger partial charge in [0.05, 0.1) is 6.54 Å². The summed E-state index contributed by atoms with van der Waals surface area (Å²) in [5, 5.41) is 3.44. The Morgan fingerprint density at radius 1 is 1.69 bits per heavy atom. The first kappa shape index (κ1) is 8.75. The van der Waals surface area contributed by atoms with Crippen molar-refractivity contribution in [3.63, 3.8) is 0 Å². The minimum absolute atomic E-state index is 0.896. The van der Waals surface area contributed by atoms with Gasteiger partial charge in [-0.25, -0.2) is 4.98 Å². The molecular formula is C10H17N3. The van der Waals surface area contributed by atoms with Crippen LogP contribution in [-0.2, 0) is 13.6 Å². The SMILES string of the molecule is CC1CC1CNCc1nccn1C. The molecule has 2 rings (SSSR count). The molecule has 0 bridgehead atoms. The molecule has 0 spiro atoms. The Morgan fingerprint density at radius 3 is 3.00 bits per heavy atom. The van der Waals surface area contributed by atoms with Crippen molar-refractivity contribution >= 4 is 0 Å². The molecule has 1 heterocycles. The first-order chi connectivity index (χ1) is 6.27. The maximum atomic E-state index is 4.25. The van der Waals surface area contributed by atoms with Crippen LogP contribution in [0.5, 0.6) is 0 Å². The largest absolute Gasteiger partial charge is 0.337 e. The molecule has 2 unspecified atom stereocenters. The molecule has 1 aromatic rings. The average Bonchev–Trinajstić information content (AvgIpc) is 2.63. The lowest BCUT2D eigenvalue weighted by atomic mass is 10.3. The predicted octanol–water partition coefficient (Wildman–Crippen LogP) is 1.17. The maximum Gasteiger partial charge on any atom is 0.122 e. The van der Waals surface area contributed by atoms with Gasteiger partial charge in [0.2, 0.25) is 0 Å². The summed E-state index contributed by atoms with van der Waals surface area (Å²) < 4.78 is 2.06. The summed E-state index contributed by atoms with van der Waals surface area (Å²) in [4.78, 5) is 4.25. The van der Waals surface area contributed by atoms with Crippen LogP contribution in [0.3, 0.4) is 0 Å². The minimum atomic E-state index is 0.896. The molecule has 1 aliphatic rings. The van der Waals surface area contributed by atoms with E-state index in [-0.39, 0.29) is 0 Å². The number of nitrogens with zero attached hydrogens (tertiary/aromatic N) is 2. The van der Waals surface area contributed by atoms with E-state index >= 15 is 0 Å². The van der Waals surface area contributed by atoms with E-state index in [4.69, 9.17) is 0 Å². The highest BCUT2D eigenvalue weighted by Crippen LogP contribution is 2.36. The number of imidazole rings is 1. The Morgan fingerprint density at radius 2 is 2.46 bits per heavy atom. The zero-order valence-electron chi connectivity index (χ0n) is 8.33. The second-order valence-electron chi connectivity index (χ2n) is 4.06. The van der Waals surface area contributed by atoms with Crippen molar-refractivity contribution in [1.82, 2.24) is 14.9 Å². The monoisotopic (exact) mass is 179 g/mol. The Balaban J connectivity index is 1.71. The standard InChI is InChI=1S/C10H17N3/c1-8-5-9(8)6-11-7-10-12-3-4-13(10)2/h3-4,8-9,11H,5-7H2,1-2H3. The van der Waals surface area contributed by atoms with Crippen LogP contribution in [0, 0.1) is 11.8 Å². The molecule has 0 radical (unpaired) electrons. The molecule has 3 heteroatoms. The fourth-order valence-electron chi connectivity index (χ4n) is 1.62. The fraction of sp³-hybridized carbons (Fsp3) is 0.700. The molecule has 13 heavy (non-hydrogen) atoms. The molecule has 2 atom stereocenters. The summed E-state index contributed by atoms with van der Waals surface area (Å²) in [5.41, 5.74) is 0. The van der Waals surface area contributed by atoms with Crippen molar-refractivity contribution in [1.29, 1.82) is 0 Å². The van der Waals surface area contributed by atoms with Crippen LogP contribution in [0.25, 0.3) is 0 Å². The number of aromatic nitrogens is 2. The normalized spacial score (nSPS) is 26.3. The maximum absolute atomic E-state index is 4.25. The topological polar surface area (TPSA) is 29.9 Å². The fourth-order valence-corrected chi connectivity index (χ4v) is 1.62. The third-order valence-electron chi connectivity index (χ3n) is 2.89. The zero-order valence-corrected chi connectivity index (χ0v) is 8.33. The number of nitrogens with one attached hydrogen (secondary N) is 1. The molecule has 1 aromatic heterocycles. The van der Waals surface area contributed by atoms with Crippen molar-refractivity contribution in [2.24, 2.45) is 18.9 Å². The van der Waals surface area contributed by atoms with Crippen LogP contribution < -0.4 is 5.32 Å². The van der Waals surface area contributed by atoms with Crippen molar-refractivity contribution in [2.45, 2.75) is 19.9 Å². The number of aryl methyl sites for hydroxylation is 1. The predicted molar refractivity (Wildman–Crippen MR) is 52.2 cm³/mol. The van der Waals surface area contributed by atoms with E-state index in [0.717, 1.165) is 30.7 Å². The van der Waals surface area contributed by atoms with Crippen LogP contribution >= 0.6 is 0 Å². The van der Waals surface area contributed by atoms with Gasteiger partial charge in [0.25, 0.3) is 0 Å². The van der Waals surface area contributed by atoms with Gasteiger partial charge in [0.15, 0.2) is 0 Å². The number of hydrogen-bond acceptors (Lipinski definition) is 2. The van der Waals surface area contributed by atoms with Crippen LogP contribution in [0.4, 0.5) is 0 Å². The molecule has 0 saturated heterocycles. The summed E-state index contributed by atoms with van der Waals surface area (Å²) in [6.07, 6.45) is 5.22. The summed E-state index contributed by atoms with van der Waals surface area (Å²) in [6.45, 7) is 4.36. The van der Waals surface area contributed by atoms with Gasteiger partial charge < -0.3 is 9.88 Å². The molecule has 72 valence electrons. The Bertz CT molecular complexity index is 279. The van der Waals surface area contributed by atoms with Crippen molar-refractivity contribution in [3.8, 4) is 0 Å². The highest BCUT2D eigenvalue weighted by atomic mass is 15.1. The Labute approximate surface area is 79.2 Å². The molecule has 0 amide bonds. The molecule has 3 nitrogen and oxygen atoms in total. The van der Waals surface area contributed by atoms with Gasteiger partial charge in [-0.05, 0) is 24.8 Å². The lowest BCUT2D eigenvalue weighted by Gasteiger charge is -2.03.